The number of hydrogen-bond donors (Lipinski definition) is 1. The Hall–Kier alpha value is -1.33. The number of carbonyl (C=O) groups is 1. The summed E-state index contributed by atoms with van der Waals surface area (Å²) < 4.78 is 2.24. The molecule has 0 aliphatic heterocycles. The lowest BCUT2D eigenvalue weighted by Crippen LogP contribution is -1.98. The topological polar surface area (TPSA) is 55.1 Å². The minimum absolute atomic E-state index is 0.0124. The molecule has 0 saturated heterocycles. The molecule has 6 heteroatoms. The molecule has 0 aliphatic rings. The maximum absolute atomic E-state index is 10.8. The molecular weight excluding hydrogens is 295 g/mol. The summed E-state index contributed by atoms with van der Waals surface area (Å²) in [5, 5.41) is 12.9. The third kappa shape index (κ3) is 1.96. The van der Waals surface area contributed by atoms with Gasteiger partial charge in [-0.25, -0.2) is 9.48 Å². The molecule has 1 N–H and O–H groups in total. The number of benzene rings is 1. The zero-order valence-corrected chi connectivity index (χ0v) is 10.2. The van der Waals surface area contributed by atoms with Gasteiger partial charge in [-0.2, -0.15) is 5.10 Å². The average Bonchev–Trinajstić information content (AvgIpc) is 2.60. The van der Waals surface area contributed by atoms with E-state index in [2.05, 4.69) is 21.0 Å². The Labute approximate surface area is 105 Å². The molecule has 0 unspecified atom stereocenters. The SMILES string of the molecule is O=C(O)c1cnn(-c2cccc(Br)c2)c1Cl. The van der Waals surface area contributed by atoms with Crippen molar-refractivity contribution >= 4 is 33.5 Å². The van der Waals surface area contributed by atoms with Gasteiger partial charge in [-0.05, 0) is 18.2 Å². The first kappa shape index (κ1) is 11.2. The number of nitrogens with zero attached hydrogens (tertiary/aromatic N) is 2. The van der Waals surface area contributed by atoms with Gasteiger partial charge < -0.3 is 5.11 Å². The van der Waals surface area contributed by atoms with E-state index in [9.17, 15) is 4.79 Å². The van der Waals surface area contributed by atoms with Crippen molar-refractivity contribution in [3.63, 3.8) is 0 Å². The third-order valence-corrected chi connectivity index (χ3v) is 2.85. The maximum atomic E-state index is 10.8. The smallest absolute Gasteiger partial charge is 0.340 e. The molecule has 16 heavy (non-hydrogen) atoms. The second-order valence-electron chi connectivity index (χ2n) is 3.05. The van der Waals surface area contributed by atoms with Crippen LogP contribution in [0, 0.1) is 0 Å². The van der Waals surface area contributed by atoms with Crippen LogP contribution >= 0.6 is 27.5 Å². The van der Waals surface area contributed by atoms with E-state index >= 15 is 0 Å². The molecule has 0 bridgehead atoms. The lowest BCUT2D eigenvalue weighted by atomic mass is 10.3. The summed E-state index contributed by atoms with van der Waals surface area (Å²) in [6.45, 7) is 0. The fourth-order valence-electron chi connectivity index (χ4n) is 1.26. The predicted octanol–water partition coefficient (Wildman–Crippen LogP) is 2.99. The number of hydrogen-bond acceptors (Lipinski definition) is 2. The highest BCUT2D eigenvalue weighted by Crippen LogP contribution is 2.22. The Morgan fingerprint density at radius 3 is 2.81 bits per heavy atom. The van der Waals surface area contributed by atoms with Crippen LogP contribution < -0.4 is 0 Å². The minimum Gasteiger partial charge on any atom is -0.478 e. The van der Waals surface area contributed by atoms with Crippen molar-refractivity contribution in [2.75, 3.05) is 0 Å². The van der Waals surface area contributed by atoms with Crippen molar-refractivity contribution in [1.29, 1.82) is 0 Å². The molecule has 0 fully saturated rings. The second-order valence-corrected chi connectivity index (χ2v) is 4.32. The summed E-state index contributed by atoms with van der Waals surface area (Å²) in [5.74, 6) is -1.09. The van der Waals surface area contributed by atoms with E-state index in [0.717, 1.165) is 4.47 Å². The molecule has 0 amide bonds. The first-order chi connectivity index (χ1) is 7.59. The Bertz CT molecular complexity index is 554. The van der Waals surface area contributed by atoms with Crippen LogP contribution in [0.25, 0.3) is 5.69 Å². The van der Waals surface area contributed by atoms with E-state index in [1.165, 1.54) is 10.9 Å². The van der Waals surface area contributed by atoms with Crippen molar-refractivity contribution < 1.29 is 9.90 Å². The summed E-state index contributed by atoms with van der Waals surface area (Å²) >= 11 is 9.23. The van der Waals surface area contributed by atoms with Gasteiger partial charge in [-0.1, -0.05) is 33.6 Å². The van der Waals surface area contributed by atoms with E-state index in [1.807, 2.05) is 12.1 Å². The van der Waals surface area contributed by atoms with Crippen molar-refractivity contribution in [2.24, 2.45) is 0 Å². The van der Waals surface area contributed by atoms with Crippen LogP contribution in [0.15, 0.2) is 34.9 Å². The summed E-state index contributed by atoms with van der Waals surface area (Å²) in [6, 6.07) is 7.26. The summed E-state index contributed by atoms with van der Waals surface area (Å²) in [6.07, 6.45) is 1.23. The van der Waals surface area contributed by atoms with Gasteiger partial charge in [0.25, 0.3) is 0 Å². The van der Waals surface area contributed by atoms with E-state index in [0.29, 0.717) is 5.69 Å². The first-order valence-electron chi connectivity index (χ1n) is 4.32. The van der Waals surface area contributed by atoms with Gasteiger partial charge in [0.2, 0.25) is 0 Å². The molecule has 4 nitrogen and oxygen atoms in total. The second kappa shape index (κ2) is 4.27. The van der Waals surface area contributed by atoms with Crippen LogP contribution in [-0.4, -0.2) is 20.9 Å². The van der Waals surface area contributed by atoms with Crippen molar-refractivity contribution in [3.05, 3.63) is 45.7 Å². The molecule has 2 aromatic rings. The Morgan fingerprint density at radius 1 is 1.50 bits per heavy atom. The highest BCUT2D eigenvalue weighted by atomic mass is 79.9. The standard InChI is InChI=1S/C10H6BrClN2O2/c11-6-2-1-3-7(4-6)14-9(12)8(5-13-14)10(15)16/h1-5H,(H,15,16). The van der Waals surface area contributed by atoms with Crippen molar-refractivity contribution in [3.8, 4) is 5.69 Å². The maximum Gasteiger partial charge on any atom is 0.340 e. The number of rotatable bonds is 2. The number of carboxylic acids is 1. The molecule has 1 aromatic heterocycles. The molecule has 0 saturated carbocycles. The van der Waals surface area contributed by atoms with Crippen molar-refractivity contribution in [2.45, 2.75) is 0 Å². The van der Waals surface area contributed by atoms with Crippen LogP contribution in [0.5, 0.6) is 0 Å². The van der Waals surface area contributed by atoms with Gasteiger partial charge in [-0.15, -0.1) is 0 Å². The number of halogens is 2. The predicted molar refractivity (Wildman–Crippen MR) is 63.2 cm³/mol. The summed E-state index contributed by atoms with van der Waals surface area (Å²) in [4.78, 5) is 10.8. The normalized spacial score (nSPS) is 10.4. The molecule has 82 valence electrons. The van der Waals surface area contributed by atoms with Crippen LogP contribution in [0.1, 0.15) is 10.4 Å². The van der Waals surface area contributed by atoms with Gasteiger partial charge in [0.15, 0.2) is 0 Å². The highest BCUT2D eigenvalue weighted by molar-refractivity contribution is 9.10. The van der Waals surface area contributed by atoms with Gasteiger partial charge in [0.1, 0.15) is 10.7 Å². The average molecular weight is 302 g/mol. The van der Waals surface area contributed by atoms with E-state index in [1.54, 1.807) is 12.1 Å². The zero-order chi connectivity index (χ0) is 11.7. The van der Waals surface area contributed by atoms with Crippen molar-refractivity contribution in [1.82, 2.24) is 9.78 Å². The van der Waals surface area contributed by atoms with Crippen LogP contribution in [0.4, 0.5) is 0 Å². The molecule has 0 spiro atoms. The van der Waals surface area contributed by atoms with Crippen LogP contribution in [0.3, 0.4) is 0 Å². The molecule has 0 aliphatic carbocycles. The van der Waals surface area contributed by atoms with E-state index in [-0.39, 0.29) is 10.7 Å². The summed E-state index contributed by atoms with van der Waals surface area (Å²) in [7, 11) is 0. The van der Waals surface area contributed by atoms with E-state index in [4.69, 9.17) is 16.7 Å². The monoisotopic (exact) mass is 300 g/mol. The van der Waals surface area contributed by atoms with Crippen LogP contribution in [-0.2, 0) is 0 Å². The quantitative estimate of drug-likeness (QED) is 0.927. The Kier molecular flexibility index (Phi) is 2.98. The van der Waals surface area contributed by atoms with Gasteiger partial charge in [0, 0.05) is 4.47 Å². The Balaban J connectivity index is 2.53. The molecular formula is C10H6BrClN2O2. The van der Waals surface area contributed by atoms with Gasteiger partial charge >= 0.3 is 5.97 Å². The summed E-state index contributed by atoms with van der Waals surface area (Å²) in [5.41, 5.74) is 0.688. The van der Waals surface area contributed by atoms with E-state index < -0.39 is 5.97 Å². The van der Waals surface area contributed by atoms with Gasteiger partial charge in [0.05, 0.1) is 11.9 Å². The molecule has 0 atom stereocenters. The largest absolute Gasteiger partial charge is 0.478 e. The number of aromatic carboxylic acids is 1. The molecule has 0 radical (unpaired) electrons. The number of carboxylic acid groups (broad SMARTS) is 1. The van der Waals surface area contributed by atoms with Crippen LogP contribution in [0.2, 0.25) is 5.15 Å². The van der Waals surface area contributed by atoms with Gasteiger partial charge in [-0.3, -0.25) is 0 Å². The lowest BCUT2D eigenvalue weighted by Gasteiger charge is -2.03. The number of aromatic nitrogens is 2. The zero-order valence-electron chi connectivity index (χ0n) is 7.89. The molecule has 1 aromatic carbocycles. The Morgan fingerprint density at radius 2 is 2.25 bits per heavy atom. The highest BCUT2D eigenvalue weighted by Gasteiger charge is 2.15. The fourth-order valence-corrected chi connectivity index (χ4v) is 1.92. The molecule has 1 heterocycles. The molecule has 2 rings (SSSR count). The lowest BCUT2D eigenvalue weighted by molar-refractivity contribution is 0.0697. The first-order valence-corrected chi connectivity index (χ1v) is 5.49. The minimum atomic E-state index is -1.09. The fraction of sp³-hybridized carbons (Fsp3) is 0. The third-order valence-electron chi connectivity index (χ3n) is 1.99.